The number of halogens is 1. The lowest BCUT2D eigenvalue weighted by Gasteiger charge is -1.99. The Morgan fingerprint density at radius 3 is 2.75 bits per heavy atom. The van der Waals surface area contributed by atoms with Crippen molar-refractivity contribution in [1.82, 2.24) is 9.97 Å². The van der Waals surface area contributed by atoms with Crippen LogP contribution in [-0.2, 0) is 0 Å². The molecule has 2 nitrogen and oxygen atoms in total. The third-order valence-corrected chi connectivity index (χ3v) is 2.27. The molecule has 0 saturated carbocycles. The molecule has 1 aromatic carbocycles. The first kappa shape index (κ1) is 7.68. The van der Waals surface area contributed by atoms with Crippen molar-refractivity contribution in [2.45, 2.75) is 6.92 Å². The first-order valence-corrected chi connectivity index (χ1v) is 4.45. The maximum atomic E-state index is 4.30. The monoisotopic (exact) mass is 222 g/mol. The highest BCUT2D eigenvalue weighted by molar-refractivity contribution is 9.10. The van der Waals surface area contributed by atoms with E-state index in [2.05, 4.69) is 25.9 Å². The quantitative estimate of drug-likeness (QED) is 0.641. The van der Waals surface area contributed by atoms with Crippen LogP contribution in [0.15, 0.2) is 28.9 Å². The van der Waals surface area contributed by atoms with Crippen molar-refractivity contribution in [2.75, 3.05) is 0 Å². The Labute approximate surface area is 78.8 Å². The van der Waals surface area contributed by atoms with Gasteiger partial charge < -0.3 is 0 Å². The third-order valence-electron chi connectivity index (χ3n) is 1.67. The van der Waals surface area contributed by atoms with Gasteiger partial charge >= 0.3 is 0 Å². The van der Waals surface area contributed by atoms with Gasteiger partial charge in [0.05, 0.1) is 5.52 Å². The highest BCUT2D eigenvalue weighted by atomic mass is 79.9. The third kappa shape index (κ3) is 1.20. The second-order valence-corrected chi connectivity index (χ2v) is 3.33. The number of fused-ring (bicyclic) bond motifs is 1. The minimum absolute atomic E-state index is 0.792. The van der Waals surface area contributed by atoms with Crippen molar-refractivity contribution in [2.24, 2.45) is 0 Å². The number of hydrogen-bond donors (Lipinski definition) is 0. The van der Waals surface area contributed by atoms with E-state index >= 15 is 0 Å². The zero-order chi connectivity index (χ0) is 8.55. The van der Waals surface area contributed by atoms with E-state index in [1.807, 2.05) is 31.2 Å². The second kappa shape index (κ2) is 2.83. The van der Waals surface area contributed by atoms with Crippen LogP contribution < -0.4 is 0 Å². The lowest BCUT2D eigenvalue weighted by Crippen LogP contribution is -1.89. The Balaban J connectivity index is 2.89. The molecule has 0 amide bonds. The van der Waals surface area contributed by atoms with Crippen LogP contribution in [0.2, 0.25) is 0 Å². The second-order valence-electron chi connectivity index (χ2n) is 2.58. The molecular weight excluding hydrogens is 216 g/mol. The Kier molecular flexibility index (Phi) is 1.81. The summed E-state index contributed by atoms with van der Waals surface area (Å²) < 4.78 is 0.866. The van der Waals surface area contributed by atoms with Crippen LogP contribution in [0.1, 0.15) is 5.82 Å². The summed E-state index contributed by atoms with van der Waals surface area (Å²) in [6, 6.07) is 7.93. The fourth-order valence-corrected chi connectivity index (χ4v) is 1.74. The summed E-state index contributed by atoms with van der Waals surface area (Å²) in [5.41, 5.74) is 0.983. The predicted octanol–water partition coefficient (Wildman–Crippen LogP) is 2.70. The number of para-hydroxylation sites is 1. The highest BCUT2D eigenvalue weighted by Crippen LogP contribution is 2.19. The van der Waals surface area contributed by atoms with E-state index in [0.29, 0.717) is 0 Å². The molecule has 0 aliphatic rings. The number of rotatable bonds is 0. The molecule has 0 radical (unpaired) electrons. The first-order valence-electron chi connectivity index (χ1n) is 3.66. The summed E-state index contributed by atoms with van der Waals surface area (Å²) in [5, 5.41) is 1.06. The van der Waals surface area contributed by atoms with E-state index in [1.54, 1.807) is 0 Å². The van der Waals surface area contributed by atoms with Crippen LogP contribution in [0.4, 0.5) is 0 Å². The van der Waals surface area contributed by atoms with Crippen molar-refractivity contribution in [3.8, 4) is 0 Å². The van der Waals surface area contributed by atoms with Crippen LogP contribution in [0, 0.1) is 6.92 Å². The zero-order valence-corrected chi connectivity index (χ0v) is 8.17. The maximum Gasteiger partial charge on any atom is 0.127 e. The molecule has 3 heteroatoms. The van der Waals surface area contributed by atoms with Gasteiger partial charge in [-0.2, -0.15) is 0 Å². The van der Waals surface area contributed by atoms with Gasteiger partial charge in [-0.3, -0.25) is 0 Å². The largest absolute Gasteiger partial charge is 0.233 e. The zero-order valence-electron chi connectivity index (χ0n) is 6.58. The molecule has 12 heavy (non-hydrogen) atoms. The molecule has 0 aliphatic heterocycles. The van der Waals surface area contributed by atoms with Crippen molar-refractivity contribution in [3.63, 3.8) is 0 Å². The number of nitrogens with zero attached hydrogens (tertiary/aromatic N) is 2. The lowest BCUT2D eigenvalue weighted by molar-refractivity contribution is 1.07. The summed E-state index contributed by atoms with van der Waals surface area (Å²) in [4.78, 5) is 8.50. The number of aromatic nitrogens is 2. The van der Waals surface area contributed by atoms with Crippen molar-refractivity contribution >= 4 is 26.8 Å². The molecule has 1 heterocycles. The Morgan fingerprint density at radius 1 is 1.17 bits per heavy atom. The van der Waals surface area contributed by atoms with E-state index in [9.17, 15) is 0 Å². The summed E-state index contributed by atoms with van der Waals surface area (Å²) >= 11 is 3.40. The minimum Gasteiger partial charge on any atom is -0.233 e. The molecule has 0 aliphatic carbocycles. The molecule has 1 aromatic heterocycles. The summed E-state index contributed by atoms with van der Waals surface area (Å²) in [6.07, 6.45) is 0. The fourth-order valence-electron chi connectivity index (χ4n) is 1.15. The minimum atomic E-state index is 0.792. The normalized spacial score (nSPS) is 10.5. The molecule has 0 atom stereocenters. The molecular formula is C9H7BrN2. The summed E-state index contributed by atoms with van der Waals surface area (Å²) in [6.45, 7) is 1.89. The van der Waals surface area contributed by atoms with Gasteiger partial charge in [-0.15, -0.1) is 0 Å². The highest BCUT2D eigenvalue weighted by Gasteiger charge is 2.00. The summed E-state index contributed by atoms with van der Waals surface area (Å²) in [5.74, 6) is 0.792. The molecule has 0 bridgehead atoms. The molecule has 0 saturated heterocycles. The van der Waals surface area contributed by atoms with Gasteiger partial charge in [-0.25, -0.2) is 9.97 Å². The molecule has 0 N–H and O–H groups in total. The molecule has 0 unspecified atom stereocenters. The fraction of sp³-hybridized carbons (Fsp3) is 0.111. The SMILES string of the molecule is Cc1nc(Br)c2ccccc2n1. The van der Waals surface area contributed by atoms with Crippen molar-refractivity contribution in [1.29, 1.82) is 0 Å². The number of aryl methyl sites for hydroxylation is 1. The van der Waals surface area contributed by atoms with E-state index < -0.39 is 0 Å². The average molecular weight is 223 g/mol. The van der Waals surface area contributed by atoms with Gasteiger partial charge in [-0.1, -0.05) is 18.2 Å². The average Bonchev–Trinajstić information content (AvgIpc) is 2.04. The van der Waals surface area contributed by atoms with E-state index in [4.69, 9.17) is 0 Å². The van der Waals surface area contributed by atoms with Gasteiger partial charge in [0.15, 0.2) is 0 Å². The Morgan fingerprint density at radius 2 is 1.92 bits per heavy atom. The van der Waals surface area contributed by atoms with Crippen LogP contribution in [-0.4, -0.2) is 9.97 Å². The molecule has 0 fully saturated rings. The Hall–Kier alpha value is -0.960. The maximum absolute atomic E-state index is 4.30. The van der Waals surface area contributed by atoms with Gasteiger partial charge in [0.2, 0.25) is 0 Å². The van der Waals surface area contributed by atoms with E-state index in [-0.39, 0.29) is 0 Å². The predicted molar refractivity (Wildman–Crippen MR) is 52.0 cm³/mol. The first-order chi connectivity index (χ1) is 5.77. The van der Waals surface area contributed by atoms with E-state index in [1.165, 1.54) is 0 Å². The van der Waals surface area contributed by atoms with E-state index in [0.717, 1.165) is 21.3 Å². The smallest absolute Gasteiger partial charge is 0.127 e. The van der Waals surface area contributed by atoms with Gasteiger partial charge in [-0.05, 0) is 28.9 Å². The van der Waals surface area contributed by atoms with Crippen LogP contribution in [0.3, 0.4) is 0 Å². The summed E-state index contributed by atoms with van der Waals surface area (Å²) in [7, 11) is 0. The molecule has 2 aromatic rings. The van der Waals surface area contributed by atoms with Crippen LogP contribution in [0.5, 0.6) is 0 Å². The Bertz CT molecular complexity index is 426. The number of hydrogen-bond acceptors (Lipinski definition) is 2. The van der Waals surface area contributed by atoms with Crippen LogP contribution in [0.25, 0.3) is 10.9 Å². The van der Waals surface area contributed by atoms with Crippen molar-refractivity contribution in [3.05, 3.63) is 34.7 Å². The standard InChI is InChI=1S/C9H7BrN2/c1-6-11-8-5-3-2-4-7(8)9(10)12-6/h2-5H,1H3. The van der Waals surface area contributed by atoms with Crippen LogP contribution >= 0.6 is 15.9 Å². The number of benzene rings is 1. The van der Waals surface area contributed by atoms with Gasteiger partial charge in [0.25, 0.3) is 0 Å². The van der Waals surface area contributed by atoms with Crippen molar-refractivity contribution < 1.29 is 0 Å². The topological polar surface area (TPSA) is 25.8 Å². The molecule has 2 rings (SSSR count). The van der Waals surface area contributed by atoms with Gasteiger partial charge in [0, 0.05) is 5.39 Å². The molecule has 0 spiro atoms. The lowest BCUT2D eigenvalue weighted by atomic mass is 10.2. The molecule has 60 valence electrons. The van der Waals surface area contributed by atoms with Gasteiger partial charge in [0.1, 0.15) is 10.4 Å².